The van der Waals surface area contributed by atoms with Gasteiger partial charge in [0.25, 0.3) is 0 Å². The van der Waals surface area contributed by atoms with Crippen LogP contribution in [0.5, 0.6) is 0 Å². The van der Waals surface area contributed by atoms with E-state index in [1.54, 1.807) is 24.7 Å². The summed E-state index contributed by atoms with van der Waals surface area (Å²) in [5.41, 5.74) is 6.46. The van der Waals surface area contributed by atoms with E-state index in [-0.39, 0.29) is 17.4 Å². The lowest BCUT2D eigenvalue weighted by Gasteiger charge is -2.19. The SMILES string of the molecule is C[C@@H]1C=CC=C(c2cccc(F)c2)c2nc(/C3=C/CNCNc4cnc(-c5cncc(CN(C)C)c5)c(F)c43)[nH]c21. The predicted molar refractivity (Wildman–Crippen MR) is 158 cm³/mol. The minimum atomic E-state index is -0.451. The first-order chi connectivity index (χ1) is 19.9. The third-order valence-electron chi connectivity index (χ3n) is 7.21. The van der Waals surface area contributed by atoms with Gasteiger partial charge in [0.1, 0.15) is 17.3 Å². The standard InChI is InChI=1S/C32H31F2N7/c1-19-6-4-9-24(21-7-5-8-23(33)13-21)31-29(19)39-32(40-31)25-10-11-35-18-38-26-16-37-30(28(34)27(25)26)22-12-20(14-36-15-22)17-41(2)3/h4-10,12-16,19,35,38H,11,17-18H2,1-3H3,(H,39,40)/b25-10+/t19-/m1/s1. The molecule has 0 unspecified atom stereocenters. The van der Waals surface area contributed by atoms with Crippen molar-refractivity contribution >= 4 is 16.8 Å². The summed E-state index contributed by atoms with van der Waals surface area (Å²) in [7, 11) is 3.95. The summed E-state index contributed by atoms with van der Waals surface area (Å²) in [5.74, 6) is -0.224. The van der Waals surface area contributed by atoms with Crippen LogP contribution >= 0.6 is 0 Å². The molecule has 3 N–H and O–H groups in total. The topological polar surface area (TPSA) is 81.8 Å². The number of anilines is 1. The molecule has 0 saturated carbocycles. The fraction of sp³-hybridized carbons (Fsp3) is 0.219. The van der Waals surface area contributed by atoms with Crippen molar-refractivity contribution in [2.75, 3.05) is 32.6 Å². The Morgan fingerprint density at radius 2 is 1.90 bits per heavy atom. The fourth-order valence-corrected chi connectivity index (χ4v) is 5.31. The molecule has 0 amide bonds. The van der Waals surface area contributed by atoms with Gasteiger partial charge in [0.05, 0.1) is 24.2 Å². The number of pyridine rings is 2. The molecule has 9 heteroatoms. The highest BCUT2D eigenvalue weighted by Gasteiger charge is 2.27. The number of hydrogen-bond acceptors (Lipinski definition) is 6. The van der Waals surface area contributed by atoms with E-state index < -0.39 is 5.82 Å². The van der Waals surface area contributed by atoms with Crippen LogP contribution < -0.4 is 10.6 Å². The smallest absolute Gasteiger partial charge is 0.159 e. The normalized spacial score (nSPS) is 17.9. The van der Waals surface area contributed by atoms with Crippen LogP contribution in [0.4, 0.5) is 14.5 Å². The molecule has 1 atom stereocenters. The molecule has 0 bridgehead atoms. The number of allylic oxidation sites excluding steroid dienone is 3. The number of nitrogens with zero attached hydrogens (tertiary/aromatic N) is 4. The molecule has 208 valence electrons. The second-order valence-corrected chi connectivity index (χ2v) is 10.6. The number of fused-ring (bicyclic) bond motifs is 2. The molecule has 0 radical (unpaired) electrons. The van der Waals surface area contributed by atoms with Gasteiger partial charge in [-0.2, -0.15) is 0 Å². The Kier molecular flexibility index (Phi) is 7.30. The monoisotopic (exact) mass is 551 g/mol. The number of imidazole rings is 1. The Morgan fingerprint density at radius 1 is 1.02 bits per heavy atom. The van der Waals surface area contributed by atoms with Crippen LogP contribution in [0, 0.1) is 11.6 Å². The van der Waals surface area contributed by atoms with Gasteiger partial charge in [0.2, 0.25) is 0 Å². The molecule has 0 fully saturated rings. The maximum absolute atomic E-state index is 16.6. The fourth-order valence-electron chi connectivity index (χ4n) is 5.31. The zero-order valence-electron chi connectivity index (χ0n) is 23.2. The van der Waals surface area contributed by atoms with Gasteiger partial charge in [-0.3, -0.25) is 15.3 Å². The highest BCUT2D eigenvalue weighted by atomic mass is 19.1. The lowest BCUT2D eigenvalue weighted by Crippen LogP contribution is -2.25. The molecule has 4 aromatic rings. The molecule has 6 rings (SSSR count). The number of aromatic amines is 1. The van der Waals surface area contributed by atoms with Gasteiger partial charge in [0, 0.05) is 59.4 Å². The van der Waals surface area contributed by atoms with Crippen molar-refractivity contribution < 1.29 is 8.78 Å². The van der Waals surface area contributed by atoms with E-state index in [1.165, 1.54) is 12.1 Å². The van der Waals surface area contributed by atoms with E-state index in [0.29, 0.717) is 53.7 Å². The number of nitrogens with one attached hydrogen (secondary N) is 3. The molecule has 1 aliphatic heterocycles. The first kappa shape index (κ1) is 26.7. The van der Waals surface area contributed by atoms with E-state index in [9.17, 15) is 4.39 Å². The van der Waals surface area contributed by atoms with Crippen LogP contribution in [0.2, 0.25) is 0 Å². The quantitative estimate of drug-likeness (QED) is 0.295. The summed E-state index contributed by atoms with van der Waals surface area (Å²) in [6.45, 7) is 3.71. The summed E-state index contributed by atoms with van der Waals surface area (Å²) in [5, 5.41) is 6.54. The second-order valence-electron chi connectivity index (χ2n) is 10.6. The molecule has 1 aliphatic carbocycles. The van der Waals surface area contributed by atoms with Crippen molar-refractivity contribution in [3.63, 3.8) is 0 Å². The van der Waals surface area contributed by atoms with Crippen molar-refractivity contribution in [3.05, 3.63) is 119 Å². The van der Waals surface area contributed by atoms with Crippen LogP contribution in [-0.2, 0) is 6.54 Å². The first-order valence-corrected chi connectivity index (χ1v) is 13.6. The van der Waals surface area contributed by atoms with Crippen molar-refractivity contribution in [3.8, 4) is 11.3 Å². The second kappa shape index (κ2) is 11.2. The lowest BCUT2D eigenvalue weighted by atomic mass is 9.99. The van der Waals surface area contributed by atoms with Gasteiger partial charge >= 0.3 is 0 Å². The molecule has 1 aromatic carbocycles. The van der Waals surface area contributed by atoms with E-state index >= 15 is 4.39 Å². The van der Waals surface area contributed by atoms with E-state index in [4.69, 9.17) is 4.98 Å². The van der Waals surface area contributed by atoms with Crippen LogP contribution in [0.1, 0.15) is 46.7 Å². The summed E-state index contributed by atoms with van der Waals surface area (Å²) in [6.07, 6.45) is 13.0. The van der Waals surface area contributed by atoms with Gasteiger partial charge < -0.3 is 15.2 Å². The van der Waals surface area contributed by atoms with Crippen LogP contribution in [-0.4, -0.2) is 52.1 Å². The zero-order valence-corrected chi connectivity index (χ0v) is 23.2. The number of H-pyrrole nitrogens is 1. The summed E-state index contributed by atoms with van der Waals surface area (Å²) in [4.78, 5) is 19.4. The molecule has 3 aromatic heterocycles. The van der Waals surface area contributed by atoms with Crippen LogP contribution in [0.25, 0.3) is 22.4 Å². The summed E-state index contributed by atoms with van der Waals surface area (Å²) >= 11 is 0. The number of halogens is 2. The first-order valence-electron chi connectivity index (χ1n) is 13.6. The maximum Gasteiger partial charge on any atom is 0.159 e. The average Bonchev–Trinajstić information content (AvgIpc) is 3.30. The van der Waals surface area contributed by atoms with Crippen LogP contribution in [0.3, 0.4) is 0 Å². The molecular weight excluding hydrogens is 520 g/mol. The molecular formula is C32H31F2N7. The average molecular weight is 552 g/mol. The third kappa shape index (κ3) is 5.33. The summed E-state index contributed by atoms with van der Waals surface area (Å²) < 4.78 is 30.8. The van der Waals surface area contributed by atoms with Crippen molar-refractivity contribution in [1.29, 1.82) is 0 Å². The Hall–Kier alpha value is -4.47. The molecule has 4 heterocycles. The zero-order chi connectivity index (χ0) is 28.5. The molecule has 2 aliphatic rings. The van der Waals surface area contributed by atoms with Crippen LogP contribution in [0.15, 0.2) is 73.2 Å². The highest BCUT2D eigenvalue weighted by Crippen LogP contribution is 2.38. The van der Waals surface area contributed by atoms with Gasteiger partial charge in [0.15, 0.2) is 5.82 Å². The van der Waals surface area contributed by atoms with E-state index in [1.807, 2.05) is 49.4 Å². The molecule has 7 nitrogen and oxygen atoms in total. The molecule has 0 spiro atoms. The summed E-state index contributed by atoms with van der Waals surface area (Å²) in [6, 6.07) is 8.40. The largest absolute Gasteiger partial charge is 0.371 e. The molecule has 0 saturated heterocycles. The minimum Gasteiger partial charge on any atom is -0.371 e. The Bertz CT molecular complexity index is 1700. The Labute approximate surface area is 237 Å². The van der Waals surface area contributed by atoms with Gasteiger partial charge in [-0.15, -0.1) is 0 Å². The van der Waals surface area contributed by atoms with Crippen molar-refractivity contribution in [1.82, 2.24) is 30.2 Å². The number of hydrogen-bond donors (Lipinski definition) is 3. The molecule has 41 heavy (non-hydrogen) atoms. The van der Waals surface area contributed by atoms with Crippen molar-refractivity contribution in [2.45, 2.75) is 19.4 Å². The Morgan fingerprint density at radius 3 is 2.73 bits per heavy atom. The lowest BCUT2D eigenvalue weighted by molar-refractivity contribution is 0.402. The number of aromatic nitrogens is 4. The predicted octanol–water partition coefficient (Wildman–Crippen LogP) is 5.72. The number of benzene rings is 1. The van der Waals surface area contributed by atoms with E-state index in [0.717, 1.165) is 22.4 Å². The highest BCUT2D eigenvalue weighted by molar-refractivity contribution is 5.88. The Balaban J connectivity index is 1.49. The maximum atomic E-state index is 16.6. The van der Waals surface area contributed by atoms with Gasteiger partial charge in [-0.1, -0.05) is 43.4 Å². The van der Waals surface area contributed by atoms with Gasteiger partial charge in [-0.05, 0) is 43.4 Å². The van der Waals surface area contributed by atoms with E-state index in [2.05, 4.69) is 38.6 Å². The van der Waals surface area contributed by atoms with Crippen molar-refractivity contribution in [2.24, 2.45) is 0 Å². The minimum absolute atomic E-state index is 0.0156. The third-order valence-corrected chi connectivity index (χ3v) is 7.21. The van der Waals surface area contributed by atoms with Gasteiger partial charge in [-0.25, -0.2) is 13.8 Å². The number of rotatable bonds is 5.